The van der Waals surface area contributed by atoms with Crippen molar-refractivity contribution in [1.29, 1.82) is 0 Å². The van der Waals surface area contributed by atoms with Gasteiger partial charge < -0.3 is 19.5 Å². The second kappa shape index (κ2) is 17.4. The maximum Gasteiger partial charge on any atom is 0.417 e. The smallest absolute Gasteiger partial charge is 0.417 e. The fraction of sp³-hybridized carbons (Fsp3) is 0.325. The first-order valence-electron chi connectivity index (χ1n) is 17.4. The Labute approximate surface area is 312 Å². The van der Waals surface area contributed by atoms with Gasteiger partial charge in [-0.1, -0.05) is 60.7 Å². The summed E-state index contributed by atoms with van der Waals surface area (Å²) in [6.45, 7) is 6.30. The molecule has 0 saturated carbocycles. The van der Waals surface area contributed by atoms with Gasteiger partial charge in [0.25, 0.3) is 0 Å². The Bertz CT molecular complexity index is 1950. The molecule has 5 aromatic rings. The summed E-state index contributed by atoms with van der Waals surface area (Å²) in [4.78, 5) is 1.33. The lowest BCUT2D eigenvalue weighted by molar-refractivity contribution is -0.139. The molecule has 1 atom stereocenters. The van der Waals surface area contributed by atoms with Crippen molar-refractivity contribution < 1.29 is 27.4 Å². The summed E-state index contributed by atoms with van der Waals surface area (Å²) in [6.07, 6.45) is -1.19. The average molecular weight is 745 g/mol. The summed E-state index contributed by atoms with van der Waals surface area (Å²) in [7, 11) is 4.71. The molecular weight excluding hydrogens is 702 g/mol. The Hall–Kier alpha value is -4.69. The third kappa shape index (κ3) is 9.28. The Morgan fingerprint density at radius 2 is 1.55 bits per heavy atom. The number of aromatic nitrogens is 4. The van der Waals surface area contributed by atoms with Crippen molar-refractivity contribution in [2.75, 3.05) is 34.4 Å². The topological polar surface area (TPSA) is 86.6 Å². The van der Waals surface area contributed by atoms with Crippen LogP contribution < -0.4 is 14.8 Å². The summed E-state index contributed by atoms with van der Waals surface area (Å²) in [5.41, 5.74) is 3.66. The number of halogens is 3. The van der Waals surface area contributed by atoms with E-state index in [0.717, 1.165) is 60.6 Å². The molecule has 4 aromatic carbocycles. The molecule has 278 valence electrons. The Balaban J connectivity index is 1.48. The maximum absolute atomic E-state index is 15.1. The number of hydrogen-bond acceptors (Lipinski definition) is 9. The van der Waals surface area contributed by atoms with Gasteiger partial charge in [-0.15, -0.1) is 16.8 Å². The number of benzene rings is 4. The first-order valence-corrected chi connectivity index (χ1v) is 18.2. The highest BCUT2D eigenvalue weighted by Gasteiger charge is 2.38. The third-order valence-corrected chi connectivity index (χ3v) is 10.5. The molecule has 6 rings (SSSR count). The zero-order valence-electron chi connectivity index (χ0n) is 30.0. The van der Waals surface area contributed by atoms with Crippen molar-refractivity contribution in [2.45, 2.75) is 55.6 Å². The highest BCUT2D eigenvalue weighted by atomic mass is 32.2. The zero-order chi connectivity index (χ0) is 37.4. The molecule has 1 unspecified atom stereocenters. The fourth-order valence-corrected chi connectivity index (χ4v) is 7.77. The standard InChI is InChI=1S/C40H43F3N6O3S/c1-5-6-36(52-4)48(25-27-7-15-32(50-2)16-8-27)53-38-35(40(41,42)43)20-19-34(31-13-11-29(12-14-31)30-21-23-44-24-22-30)37(38)39-45-47-49(46-39)26-28-9-17-33(51-3)18-10-28/h5,7-20,30,36,44H,1,6,21-26H2,2-4H3. The van der Waals surface area contributed by atoms with E-state index in [9.17, 15) is 0 Å². The summed E-state index contributed by atoms with van der Waals surface area (Å²) >= 11 is 0.965. The highest BCUT2D eigenvalue weighted by Crippen LogP contribution is 2.47. The number of methoxy groups -OCH3 is 3. The molecule has 2 heterocycles. The summed E-state index contributed by atoms with van der Waals surface area (Å²) in [5, 5.41) is 16.8. The lowest BCUT2D eigenvalue weighted by Gasteiger charge is -2.31. The molecular formula is C40H43F3N6O3S. The minimum absolute atomic E-state index is 0.0546. The molecule has 0 amide bonds. The molecule has 1 aliphatic heterocycles. The van der Waals surface area contributed by atoms with Crippen LogP contribution in [0, 0.1) is 0 Å². The molecule has 0 aliphatic carbocycles. The fourth-order valence-electron chi connectivity index (χ4n) is 6.45. The second-order valence-electron chi connectivity index (χ2n) is 12.7. The van der Waals surface area contributed by atoms with Gasteiger partial charge in [0, 0.05) is 30.5 Å². The molecule has 1 saturated heterocycles. The first-order chi connectivity index (χ1) is 25.7. The predicted octanol–water partition coefficient (Wildman–Crippen LogP) is 8.62. The van der Waals surface area contributed by atoms with Crippen molar-refractivity contribution in [1.82, 2.24) is 29.8 Å². The summed E-state index contributed by atoms with van der Waals surface area (Å²) < 4.78 is 63.6. The molecule has 9 nitrogen and oxygen atoms in total. The number of hydrogen-bond donors (Lipinski definition) is 1. The van der Waals surface area contributed by atoms with E-state index >= 15 is 13.2 Å². The van der Waals surface area contributed by atoms with Crippen molar-refractivity contribution >= 4 is 11.9 Å². The number of piperidine rings is 1. The third-order valence-electron chi connectivity index (χ3n) is 9.32. The van der Waals surface area contributed by atoms with E-state index in [1.54, 1.807) is 24.6 Å². The SMILES string of the molecule is C=CCC(OC)N(Cc1ccc(OC)cc1)Sc1c(C(F)(F)F)ccc(-c2ccc(C3CCNCC3)cc2)c1-c1nnn(Cc2ccc(OC)cc2)n1. The van der Waals surface area contributed by atoms with Crippen LogP contribution >= 0.6 is 11.9 Å². The van der Waals surface area contributed by atoms with E-state index in [4.69, 9.17) is 14.2 Å². The maximum atomic E-state index is 15.1. The van der Waals surface area contributed by atoms with Gasteiger partial charge in [-0.3, -0.25) is 0 Å². The molecule has 1 aromatic heterocycles. The van der Waals surface area contributed by atoms with Gasteiger partial charge in [-0.25, -0.2) is 4.31 Å². The Morgan fingerprint density at radius 3 is 2.13 bits per heavy atom. The molecule has 0 spiro atoms. The van der Waals surface area contributed by atoms with E-state index in [0.29, 0.717) is 29.4 Å². The van der Waals surface area contributed by atoms with Crippen molar-refractivity contribution in [3.8, 4) is 34.0 Å². The highest BCUT2D eigenvalue weighted by molar-refractivity contribution is 7.97. The molecule has 13 heteroatoms. The Morgan fingerprint density at radius 1 is 0.906 bits per heavy atom. The minimum atomic E-state index is -4.69. The van der Waals surface area contributed by atoms with Crippen LogP contribution in [-0.4, -0.2) is 65.2 Å². The quantitative estimate of drug-likeness (QED) is 0.0644. The lowest BCUT2D eigenvalue weighted by Crippen LogP contribution is -2.31. The van der Waals surface area contributed by atoms with E-state index in [1.807, 2.05) is 60.7 Å². The van der Waals surface area contributed by atoms with Crippen LogP contribution in [0.3, 0.4) is 0 Å². The number of tetrazole rings is 1. The predicted molar refractivity (Wildman–Crippen MR) is 201 cm³/mol. The average Bonchev–Trinajstić information content (AvgIpc) is 3.65. The zero-order valence-corrected chi connectivity index (χ0v) is 30.8. The van der Waals surface area contributed by atoms with E-state index in [-0.39, 0.29) is 29.4 Å². The lowest BCUT2D eigenvalue weighted by atomic mass is 9.88. The van der Waals surface area contributed by atoms with Gasteiger partial charge >= 0.3 is 6.18 Å². The number of alkyl halides is 3. The van der Waals surface area contributed by atoms with Gasteiger partial charge in [-0.05, 0) is 107 Å². The van der Waals surface area contributed by atoms with Crippen molar-refractivity contribution in [3.63, 3.8) is 0 Å². The molecule has 1 fully saturated rings. The summed E-state index contributed by atoms with van der Waals surface area (Å²) in [6, 6.07) is 25.6. The van der Waals surface area contributed by atoms with Crippen LogP contribution in [0.5, 0.6) is 11.5 Å². The number of nitrogens with zero attached hydrogens (tertiary/aromatic N) is 5. The summed E-state index contributed by atoms with van der Waals surface area (Å²) in [5.74, 6) is 1.87. The van der Waals surface area contributed by atoms with Gasteiger partial charge in [0.2, 0.25) is 5.82 Å². The number of ether oxygens (including phenoxy) is 3. The normalized spacial score (nSPS) is 14.3. The van der Waals surface area contributed by atoms with Crippen molar-refractivity contribution in [2.24, 2.45) is 0 Å². The van der Waals surface area contributed by atoms with Crippen LogP contribution in [-0.2, 0) is 24.0 Å². The van der Waals surface area contributed by atoms with Gasteiger partial charge in [0.15, 0.2) is 0 Å². The van der Waals surface area contributed by atoms with Crippen LogP contribution in [0.2, 0.25) is 0 Å². The molecule has 1 aliphatic rings. The van der Waals surface area contributed by atoms with Gasteiger partial charge in [0.1, 0.15) is 17.7 Å². The number of rotatable bonds is 15. The molecule has 0 radical (unpaired) electrons. The molecule has 0 bridgehead atoms. The van der Waals surface area contributed by atoms with Crippen molar-refractivity contribution in [3.05, 3.63) is 120 Å². The number of nitrogens with one attached hydrogen (secondary N) is 1. The van der Waals surface area contributed by atoms with E-state index < -0.39 is 18.0 Å². The van der Waals surface area contributed by atoms with Crippen LogP contribution in [0.4, 0.5) is 13.2 Å². The Kier molecular flexibility index (Phi) is 12.5. The second-order valence-corrected chi connectivity index (χ2v) is 13.8. The monoisotopic (exact) mass is 744 g/mol. The van der Waals surface area contributed by atoms with Crippen LogP contribution in [0.25, 0.3) is 22.5 Å². The van der Waals surface area contributed by atoms with Gasteiger partial charge in [0.05, 0.1) is 26.3 Å². The van der Waals surface area contributed by atoms with Gasteiger partial charge in [-0.2, -0.15) is 18.0 Å². The van der Waals surface area contributed by atoms with Crippen LogP contribution in [0.15, 0.2) is 102 Å². The first kappa shape index (κ1) is 38.0. The largest absolute Gasteiger partial charge is 0.497 e. The van der Waals surface area contributed by atoms with E-state index in [1.165, 1.54) is 23.5 Å². The van der Waals surface area contributed by atoms with Crippen LogP contribution in [0.1, 0.15) is 47.4 Å². The molecule has 53 heavy (non-hydrogen) atoms. The molecule has 1 N–H and O–H groups in total. The van der Waals surface area contributed by atoms with E-state index in [2.05, 4.69) is 39.4 Å². The minimum Gasteiger partial charge on any atom is -0.497 e.